The molecule has 72 valence electrons. The van der Waals surface area contributed by atoms with Crippen molar-refractivity contribution in [1.29, 1.82) is 5.26 Å². The molecule has 5 nitrogen and oxygen atoms in total. The van der Waals surface area contributed by atoms with Crippen LogP contribution in [-0.4, -0.2) is 9.85 Å². The van der Waals surface area contributed by atoms with E-state index in [4.69, 9.17) is 5.26 Å². The molecular weight excluding hydrogens is 192 g/mol. The zero-order chi connectivity index (χ0) is 10.7. The number of rotatable bonds is 2. The Hall–Kier alpha value is -2.48. The van der Waals surface area contributed by atoms with Gasteiger partial charge in [-0.25, -0.2) is 0 Å². The average Bonchev–Trinajstić information content (AvgIpc) is 2.28. The molecule has 1 heterocycles. The summed E-state index contributed by atoms with van der Waals surface area (Å²) in [6.45, 7) is 0. The van der Waals surface area contributed by atoms with Crippen LogP contribution < -0.4 is 5.43 Å². The molecule has 0 unspecified atom stereocenters. The molecule has 0 spiro atoms. The van der Waals surface area contributed by atoms with Crippen molar-refractivity contribution < 1.29 is 4.87 Å². The summed E-state index contributed by atoms with van der Waals surface area (Å²) in [6.07, 6.45) is 3.10. The summed E-state index contributed by atoms with van der Waals surface area (Å²) < 4.78 is 0. The molecule has 2 aromatic rings. The topological polar surface area (TPSA) is 68.8 Å². The number of aromatic nitrogens is 1. The number of benzene rings is 1. The first-order chi connectivity index (χ1) is 7.33. The van der Waals surface area contributed by atoms with E-state index in [0.29, 0.717) is 15.9 Å². The lowest BCUT2D eigenvalue weighted by Crippen LogP contribution is -2.16. The summed E-state index contributed by atoms with van der Waals surface area (Å²) in [5.74, 6) is 0. The molecule has 0 aliphatic carbocycles. The minimum atomic E-state index is 0.377. The summed E-state index contributed by atoms with van der Waals surface area (Å²) in [7, 11) is 0. The van der Waals surface area contributed by atoms with Crippen LogP contribution in [0.5, 0.6) is 0 Å². The van der Waals surface area contributed by atoms with Crippen molar-refractivity contribution in [2.24, 2.45) is 0 Å². The van der Waals surface area contributed by atoms with Gasteiger partial charge in [-0.3, -0.25) is 4.98 Å². The van der Waals surface area contributed by atoms with Gasteiger partial charge in [0, 0.05) is 12.3 Å². The van der Waals surface area contributed by atoms with Gasteiger partial charge in [0.15, 0.2) is 4.87 Å². The Bertz CT molecular complexity index is 553. The third-order valence-corrected chi connectivity index (χ3v) is 2.00. The van der Waals surface area contributed by atoms with E-state index in [9.17, 15) is 4.91 Å². The number of nitrogens with zero attached hydrogens (tertiary/aromatic N) is 3. The van der Waals surface area contributed by atoms with Crippen LogP contribution in [0.25, 0.3) is 10.9 Å². The van der Waals surface area contributed by atoms with Crippen LogP contribution in [0.1, 0.15) is 0 Å². The molecule has 2 rings (SSSR count). The van der Waals surface area contributed by atoms with Gasteiger partial charge < -0.3 is 0 Å². The number of hydrogen-bond donors (Lipinski definition) is 1. The lowest BCUT2D eigenvalue weighted by molar-refractivity contribution is -0.512. The summed E-state index contributed by atoms with van der Waals surface area (Å²) >= 11 is 0. The minimum Gasteiger partial charge on any atom is -0.256 e. The van der Waals surface area contributed by atoms with Gasteiger partial charge in [0.25, 0.3) is 0 Å². The summed E-state index contributed by atoms with van der Waals surface area (Å²) in [4.78, 5) is 15.9. The third-order valence-electron chi connectivity index (χ3n) is 2.00. The van der Waals surface area contributed by atoms with Crippen LogP contribution in [-0.2, 0) is 0 Å². The van der Waals surface area contributed by atoms with E-state index in [0.717, 1.165) is 5.52 Å². The standard InChI is InChI=1S/C10H7N4O/c11-7-13-14(15)10-5-6-12-9-4-2-1-3-8(9)10/h1-6H,(H,13,15)/q+1. The quantitative estimate of drug-likeness (QED) is 0.345. The Balaban J connectivity index is 2.62. The van der Waals surface area contributed by atoms with E-state index < -0.39 is 0 Å². The van der Waals surface area contributed by atoms with E-state index in [1.807, 2.05) is 17.6 Å². The van der Waals surface area contributed by atoms with Crippen LogP contribution >= 0.6 is 0 Å². The number of hydrogen-bond acceptors (Lipinski definition) is 3. The van der Waals surface area contributed by atoms with Crippen LogP contribution in [0.2, 0.25) is 0 Å². The molecule has 15 heavy (non-hydrogen) atoms. The first-order valence-corrected chi connectivity index (χ1v) is 4.28. The Kier molecular flexibility index (Phi) is 2.25. The van der Waals surface area contributed by atoms with Crippen molar-refractivity contribution in [2.75, 3.05) is 0 Å². The van der Waals surface area contributed by atoms with Crippen LogP contribution in [0.3, 0.4) is 0 Å². The van der Waals surface area contributed by atoms with Crippen molar-refractivity contribution >= 4 is 16.6 Å². The average molecular weight is 199 g/mol. The molecule has 0 bridgehead atoms. The molecule has 0 aliphatic rings. The SMILES string of the molecule is N#CN[N+](=O)c1ccnc2ccccc12. The number of para-hydroxylation sites is 1. The van der Waals surface area contributed by atoms with E-state index in [2.05, 4.69) is 4.98 Å². The van der Waals surface area contributed by atoms with E-state index >= 15 is 0 Å². The minimum absolute atomic E-state index is 0.377. The molecule has 0 amide bonds. The van der Waals surface area contributed by atoms with Gasteiger partial charge >= 0.3 is 5.69 Å². The van der Waals surface area contributed by atoms with Gasteiger partial charge in [-0.15, -0.1) is 0 Å². The first kappa shape index (κ1) is 9.09. The second kappa shape index (κ2) is 3.72. The Morgan fingerprint density at radius 3 is 2.93 bits per heavy atom. The molecule has 0 radical (unpaired) electrons. The number of pyridine rings is 1. The van der Waals surface area contributed by atoms with Gasteiger partial charge in [0.1, 0.15) is 0 Å². The summed E-state index contributed by atoms with van der Waals surface area (Å²) in [5.41, 5.74) is 3.10. The molecule has 0 saturated carbocycles. The number of nitrogens with one attached hydrogen (secondary N) is 1. The van der Waals surface area contributed by atoms with E-state index in [1.165, 1.54) is 6.20 Å². The van der Waals surface area contributed by atoms with Crippen LogP contribution in [0, 0.1) is 16.4 Å². The van der Waals surface area contributed by atoms with Crippen molar-refractivity contribution in [2.45, 2.75) is 0 Å². The highest BCUT2D eigenvalue weighted by atomic mass is 16.3. The molecular formula is C10H7N4O+. The van der Waals surface area contributed by atoms with E-state index in [1.54, 1.807) is 24.4 Å². The molecule has 1 aromatic heterocycles. The number of nitriles is 1. The maximum atomic E-state index is 11.4. The third kappa shape index (κ3) is 1.60. The Labute approximate surface area is 85.5 Å². The van der Waals surface area contributed by atoms with Crippen molar-refractivity contribution in [3.05, 3.63) is 41.4 Å². The molecule has 0 saturated heterocycles. The monoisotopic (exact) mass is 199 g/mol. The van der Waals surface area contributed by atoms with Gasteiger partial charge in [-0.2, -0.15) is 5.26 Å². The summed E-state index contributed by atoms with van der Waals surface area (Å²) in [5, 5.41) is 9.06. The molecule has 0 fully saturated rings. The predicted molar refractivity (Wildman–Crippen MR) is 53.8 cm³/mol. The van der Waals surface area contributed by atoms with Crippen LogP contribution in [0.4, 0.5) is 5.69 Å². The van der Waals surface area contributed by atoms with Crippen LogP contribution in [0.15, 0.2) is 36.5 Å². The zero-order valence-corrected chi connectivity index (χ0v) is 7.71. The maximum absolute atomic E-state index is 11.4. The molecule has 1 aromatic carbocycles. The van der Waals surface area contributed by atoms with Gasteiger partial charge in [-0.1, -0.05) is 12.1 Å². The molecule has 0 atom stereocenters. The van der Waals surface area contributed by atoms with Crippen molar-refractivity contribution in [1.82, 2.24) is 10.4 Å². The maximum Gasteiger partial charge on any atom is 0.304 e. The fourth-order valence-electron chi connectivity index (χ4n) is 1.36. The van der Waals surface area contributed by atoms with Gasteiger partial charge in [0.2, 0.25) is 6.19 Å². The lowest BCUT2D eigenvalue weighted by atomic mass is 10.2. The zero-order valence-electron chi connectivity index (χ0n) is 7.71. The van der Waals surface area contributed by atoms with Crippen molar-refractivity contribution in [3.8, 4) is 6.19 Å². The highest BCUT2D eigenvalue weighted by molar-refractivity contribution is 5.87. The fourth-order valence-corrected chi connectivity index (χ4v) is 1.36. The molecule has 1 N–H and O–H groups in total. The second-order valence-corrected chi connectivity index (χ2v) is 2.87. The first-order valence-electron chi connectivity index (χ1n) is 4.28. The normalized spacial score (nSPS) is 9.53. The van der Waals surface area contributed by atoms with Gasteiger partial charge in [-0.05, 0) is 17.6 Å². The fraction of sp³-hybridized carbons (Fsp3) is 0. The Morgan fingerprint density at radius 1 is 1.33 bits per heavy atom. The number of fused-ring (bicyclic) bond motifs is 1. The highest BCUT2D eigenvalue weighted by Gasteiger charge is 2.17. The summed E-state index contributed by atoms with van der Waals surface area (Å²) in [6, 6.07) is 8.79. The van der Waals surface area contributed by atoms with Gasteiger partial charge in [0.05, 0.1) is 15.8 Å². The molecule has 5 heteroatoms. The second-order valence-electron chi connectivity index (χ2n) is 2.87. The predicted octanol–water partition coefficient (Wildman–Crippen LogP) is 1.63. The lowest BCUT2D eigenvalue weighted by Gasteiger charge is -1.95. The Morgan fingerprint density at radius 2 is 2.13 bits per heavy atom. The van der Waals surface area contributed by atoms with Crippen molar-refractivity contribution in [3.63, 3.8) is 0 Å². The largest absolute Gasteiger partial charge is 0.304 e. The number of nitroso groups, excluding NO2 is 1. The number of hydrazine groups is 1. The van der Waals surface area contributed by atoms with E-state index in [-0.39, 0.29) is 0 Å². The highest BCUT2D eigenvalue weighted by Crippen LogP contribution is 2.21. The molecule has 0 aliphatic heterocycles. The smallest absolute Gasteiger partial charge is 0.256 e.